The maximum Gasteiger partial charge on any atom is 0.135 e. The number of hydrogen-bond acceptors (Lipinski definition) is 3. The maximum absolute atomic E-state index is 6.25. The molecule has 0 radical (unpaired) electrons. The molecule has 12 rings (SSSR count). The average Bonchev–Trinajstić information content (AvgIpc) is 3.90. The zero-order chi connectivity index (χ0) is 40.3. The number of thiophene rings is 1. The highest BCUT2D eigenvalue weighted by Crippen LogP contribution is 2.44. The molecule has 0 saturated carbocycles. The molecule has 0 spiro atoms. The lowest BCUT2D eigenvalue weighted by atomic mass is 9.96. The van der Waals surface area contributed by atoms with E-state index in [2.05, 4.69) is 217 Å². The molecule has 3 heteroatoms. The van der Waals surface area contributed by atoms with Crippen LogP contribution in [0, 0.1) is 0 Å². The summed E-state index contributed by atoms with van der Waals surface area (Å²) in [5.41, 5.74) is 14.4. The lowest BCUT2D eigenvalue weighted by Gasteiger charge is -2.28. The van der Waals surface area contributed by atoms with E-state index in [4.69, 9.17) is 4.42 Å². The number of rotatable bonds is 7. The van der Waals surface area contributed by atoms with Gasteiger partial charge in [0.25, 0.3) is 0 Å². The molecule has 286 valence electrons. The fourth-order valence-electron chi connectivity index (χ4n) is 9.01. The summed E-state index contributed by atoms with van der Waals surface area (Å²) in [6.07, 6.45) is 0. The molecule has 10 aromatic carbocycles. The number of fused-ring (bicyclic) bond motifs is 7. The van der Waals surface area contributed by atoms with Crippen LogP contribution in [0.1, 0.15) is 0 Å². The third-order valence-electron chi connectivity index (χ3n) is 12.1. The third kappa shape index (κ3) is 6.26. The first kappa shape index (κ1) is 35.2. The first-order chi connectivity index (χ1) is 30.2. The molecule has 0 atom stereocenters. The lowest BCUT2D eigenvalue weighted by molar-refractivity contribution is 0.669. The van der Waals surface area contributed by atoms with Gasteiger partial charge in [-0.2, -0.15) is 0 Å². The molecule has 0 bridgehead atoms. The quantitative estimate of drug-likeness (QED) is 0.160. The Labute approximate surface area is 357 Å². The van der Waals surface area contributed by atoms with E-state index in [1.54, 1.807) is 0 Å². The molecular weight excluding hydrogens is 759 g/mol. The van der Waals surface area contributed by atoms with Crippen molar-refractivity contribution in [3.05, 3.63) is 224 Å². The normalized spacial score (nSPS) is 11.6. The van der Waals surface area contributed by atoms with Crippen molar-refractivity contribution in [2.75, 3.05) is 4.90 Å². The van der Waals surface area contributed by atoms with Crippen LogP contribution in [0.25, 0.3) is 97.4 Å². The summed E-state index contributed by atoms with van der Waals surface area (Å²) in [5, 5.41) is 7.36. The van der Waals surface area contributed by atoms with Gasteiger partial charge in [0.05, 0.1) is 5.69 Å². The summed E-state index contributed by atoms with van der Waals surface area (Å²) in [6, 6.07) is 81.4. The molecule has 0 fully saturated rings. The van der Waals surface area contributed by atoms with E-state index in [0.717, 1.165) is 55.7 Å². The summed E-state index contributed by atoms with van der Waals surface area (Å²) in [6.45, 7) is 0. The maximum atomic E-state index is 6.25. The minimum absolute atomic E-state index is 0.891. The van der Waals surface area contributed by atoms with Gasteiger partial charge < -0.3 is 9.32 Å². The van der Waals surface area contributed by atoms with Crippen LogP contribution in [0.4, 0.5) is 17.1 Å². The lowest BCUT2D eigenvalue weighted by Crippen LogP contribution is -2.11. The molecular formula is C58H37NOS. The average molecular weight is 796 g/mol. The van der Waals surface area contributed by atoms with Gasteiger partial charge in [0, 0.05) is 47.9 Å². The molecule has 12 aromatic rings. The van der Waals surface area contributed by atoms with Crippen LogP contribution in [-0.4, -0.2) is 0 Å². The molecule has 61 heavy (non-hydrogen) atoms. The predicted molar refractivity (Wildman–Crippen MR) is 261 cm³/mol. The van der Waals surface area contributed by atoms with E-state index in [1.807, 2.05) is 23.5 Å². The molecule has 0 N–H and O–H groups in total. The van der Waals surface area contributed by atoms with Gasteiger partial charge in [-0.1, -0.05) is 152 Å². The Kier molecular flexibility index (Phi) is 8.39. The van der Waals surface area contributed by atoms with Crippen molar-refractivity contribution in [2.24, 2.45) is 0 Å². The molecule has 0 unspecified atom stereocenters. The predicted octanol–water partition coefficient (Wildman–Crippen LogP) is 17.2. The number of para-hydroxylation sites is 2. The van der Waals surface area contributed by atoms with E-state index < -0.39 is 0 Å². The Morgan fingerprint density at radius 1 is 0.311 bits per heavy atom. The van der Waals surface area contributed by atoms with Crippen LogP contribution in [-0.2, 0) is 0 Å². The minimum Gasteiger partial charge on any atom is -0.456 e. The fraction of sp³-hybridized carbons (Fsp3) is 0. The van der Waals surface area contributed by atoms with Crippen molar-refractivity contribution >= 4 is 81.3 Å². The highest BCUT2D eigenvalue weighted by Gasteiger charge is 2.19. The smallest absolute Gasteiger partial charge is 0.135 e. The van der Waals surface area contributed by atoms with Crippen molar-refractivity contribution in [2.45, 2.75) is 0 Å². The van der Waals surface area contributed by atoms with Gasteiger partial charge in [-0.05, 0) is 123 Å². The van der Waals surface area contributed by atoms with Crippen molar-refractivity contribution in [3.8, 4) is 44.5 Å². The second kappa shape index (κ2) is 14.5. The second-order valence-electron chi connectivity index (χ2n) is 15.7. The third-order valence-corrected chi connectivity index (χ3v) is 13.2. The summed E-state index contributed by atoms with van der Waals surface area (Å²) >= 11 is 1.86. The zero-order valence-electron chi connectivity index (χ0n) is 33.1. The van der Waals surface area contributed by atoms with Gasteiger partial charge >= 0.3 is 0 Å². The minimum atomic E-state index is 0.891. The number of hydrogen-bond donors (Lipinski definition) is 0. The fourth-order valence-corrected chi connectivity index (χ4v) is 10.2. The van der Waals surface area contributed by atoms with Crippen LogP contribution in [0.3, 0.4) is 0 Å². The topological polar surface area (TPSA) is 16.4 Å². The van der Waals surface area contributed by atoms with Gasteiger partial charge in [-0.25, -0.2) is 0 Å². The van der Waals surface area contributed by atoms with Crippen molar-refractivity contribution in [1.82, 2.24) is 0 Å². The van der Waals surface area contributed by atoms with E-state index in [0.29, 0.717) is 0 Å². The Morgan fingerprint density at radius 2 is 0.934 bits per heavy atom. The van der Waals surface area contributed by atoms with Crippen LogP contribution in [0.5, 0.6) is 0 Å². The van der Waals surface area contributed by atoms with Crippen LogP contribution in [0.2, 0.25) is 0 Å². The Bertz CT molecular complexity index is 3610. The number of benzene rings is 10. The first-order valence-electron chi connectivity index (χ1n) is 20.7. The van der Waals surface area contributed by atoms with Crippen molar-refractivity contribution in [1.29, 1.82) is 0 Å². The van der Waals surface area contributed by atoms with Crippen molar-refractivity contribution < 1.29 is 4.42 Å². The van der Waals surface area contributed by atoms with Crippen LogP contribution in [0.15, 0.2) is 229 Å². The molecule has 0 saturated heterocycles. The Balaban J connectivity index is 0.981. The van der Waals surface area contributed by atoms with Gasteiger partial charge in [-0.3, -0.25) is 0 Å². The van der Waals surface area contributed by atoms with E-state index in [1.165, 1.54) is 58.8 Å². The van der Waals surface area contributed by atoms with Crippen LogP contribution >= 0.6 is 11.3 Å². The molecule has 0 aliphatic heterocycles. The van der Waals surface area contributed by atoms with Crippen LogP contribution < -0.4 is 4.90 Å². The first-order valence-corrected chi connectivity index (χ1v) is 21.5. The van der Waals surface area contributed by atoms with E-state index in [-0.39, 0.29) is 0 Å². The van der Waals surface area contributed by atoms with Gasteiger partial charge in [-0.15, -0.1) is 11.3 Å². The van der Waals surface area contributed by atoms with Gasteiger partial charge in [0.1, 0.15) is 11.2 Å². The summed E-state index contributed by atoms with van der Waals surface area (Å²) < 4.78 is 8.88. The van der Waals surface area contributed by atoms with E-state index in [9.17, 15) is 0 Å². The summed E-state index contributed by atoms with van der Waals surface area (Å²) in [5.74, 6) is 0. The molecule has 0 aliphatic rings. The monoisotopic (exact) mass is 795 g/mol. The summed E-state index contributed by atoms with van der Waals surface area (Å²) in [7, 11) is 0. The molecule has 2 nitrogen and oxygen atoms in total. The number of nitrogens with zero attached hydrogens (tertiary/aromatic N) is 1. The summed E-state index contributed by atoms with van der Waals surface area (Å²) in [4.78, 5) is 2.41. The standard InChI is InChI=1S/C58H37NOS/c1-2-12-40-33-44(24-23-38(40)11-1)42-14-9-13-41(34-42)43-15-10-16-48(35-43)59(47-29-25-39(26-30-47)45-27-31-52-51-19-5-8-22-57(51)61-58(52)37-45)54-20-6-3-17-49(54)46-28-32-56-53(36-46)50-18-4-7-21-55(50)60-56/h1-37H. The van der Waals surface area contributed by atoms with Crippen molar-refractivity contribution in [3.63, 3.8) is 0 Å². The Hall–Kier alpha value is -7.72. The SMILES string of the molecule is c1cc(-c2cccc(N(c3ccc(-c4ccc5c(c4)sc4ccccc45)cc3)c3ccccc3-c3ccc4oc5ccccc5c4c3)c2)cc(-c2ccc3ccccc3c2)c1. The molecule has 2 heterocycles. The van der Waals surface area contributed by atoms with Gasteiger partial charge in [0.15, 0.2) is 0 Å². The highest BCUT2D eigenvalue weighted by atomic mass is 32.1. The molecule has 0 amide bonds. The molecule has 0 aliphatic carbocycles. The van der Waals surface area contributed by atoms with Gasteiger partial charge in [0.2, 0.25) is 0 Å². The zero-order valence-corrected chi connectivity index (χ0v) is 33.9. The largest absolute Gasteiger partial charge is 0.456 e. The molecule has 2 aromatic heterocycles. The number of furan rings is 1. The highest BCUT2D eigenvalue weighted by molar-refractivity contribution is 7.25. The second-order valence-corrected chi connectivity index (χ2v) is 16.8. The van der Waals surface area contributed by atoms with E-state index >= 15 is 0 Å². The Morgan fingerprint density at radius 3 is 1.82 bits per heavy atom. The number of anilines is 3.